The minimum atomic E-state index is -3.60. The Bertz CT molecular complexity index is 1100. The predicted octanol–water partition coefficient (Wildman–Crippen LogP) is 4.25. The monoisotopic (exact) mass is 486 g/mol. The highest BCUT2D eigenvalue weighted by atomic mass is 32.2. The number of piperidine rings is 2. The van der Waals surface area contributed by atoms with Crippen LogP contribution in [-0.2, 0) is 10.0 Å². The molecule has 0 N–H and O–H groups in total. The zero-order valence-electron chi connectivity index (χ0n) is 20.0. The summed E-state index contributed by atoms with van der Waals surface area (Å²) in [6.45, 7) is 6.49. The summed E-state index contributed by atoms with van der Waals surface area (Å²) in [5.74, 6) is 1.31. The first kappa shape index (κ1) is 24.5. The highest BCUT2D eigenvalue weighted by molar-refractivity contribution is 7.89. The summed E-state index contributed by atoms with van der Waals surface area (Å²) in [6.07, 6.45) is 4.22. The second-order valence-corrected chi connectivity index (χ2v) is 10.8. The SMILES string of the molecule is CCOc1ccccc1OC1CCN(C(=O)c2ccc(C)c(S(=O)(=O)N3CCCCC3)c2)CC1. The zero-order valence-corrected chi connectivity index (χ0v) is 20.9. The summed E-state index contributed by atoms with van der Waals surface area (Å²) in [5, 5.41) is 0. The van der Waals surface area contributed by atoms with E-state index in [0.717, 1.165) is 30.8 Å². The van der Waals surface area contributed by atoms with E-state index in [0.29, 0.717) is 56.8 Å². The molecule has 2 aromatic rings. The van der Waals surface area contributed by atoms with Crippen molar-refractivity contribution in [1.29, 1.82) is 0 Å². The number of nitrogens with zero attached hydrogens (tertiary/aromatic N) is 2. The summed E-state index contributed by atoms with van der Waals surface area (Å²) in [7, 11) is -3.60. The smallest absolute Gasteiger partial charge is 0.253 e. The second-order valence-electron chi connectivity index (χ2n) is 8.93. The Balaban J connectivity index is 1.42. The van der Waals surface area contributed by atoms with Crippen LogP contribution in [0.1, 0.15) is 54.9 Å². The molecule has 0 atom stereocenters. The molecule has 8 heteroatoms. The highest BCUT2D eigenvalue weighted by Crippen LogP contribution is 2.30. The van der Waals surface area contributed by atoms with Gasteiger partial charge in [0.05, 0.1) is 11.5 Å². The van der Waals surface area contributed by atoms with Crippen molar-refractivity contribution < 1.29 is 22.7 Å². The van der Waals surface area contributed by atoms with E-state index in [1.807, 2.05) is 31.2 Å². The Labute approximate surface area is 202 Å². The number of hydrogen-bond donors (Lipinski definition) is 0. The number of hydrogen-bond acceptors (Lipinski definition) is 5. The third-order valence-electron chi connectivity index (χ3n) is 6.54. The largest absolute Gasteiger partial charge is 0.490 e. The molecule has 2 aliphatic rings. The normalized spacial score (nSPS) is 18.0. The molecule has 0 unspecified atom stereocenters. The van der Waals surface area contributed by atoms with E-state index in [1.165, 1.54) is 0 Å². The quantitative estimate of drug-likeness (QED) is 0.585. The van der Waals surface area contributed by atoms with Crippen LogP contribution in [0.4, 0.5) is 0 Å². The van der Waals surface area contributed by atoms with Gasteiger partial charge in [0.15, 0.2) is 11.5 Å². The molecule has 7 nitrogen and oxygen atoms in total. The molecular weight excluding hydrogens is 452 g/mol. The van der Waals surface area contributed by atoms with Gasteiger partial charge in [0.1, 0.15) is 6.10 Å². The number of sulfonamides is 1. The maximum Gasteiger partial charge on any atom is 0.253 e. The minimum Gasteiger partial charge on any atom is -0.490 e. The van der Waals surface area contributed by atoms with Crippen LogP contribution in [-0.4, -0.2) is 62.4 Å². The summed E-state index contributed by atoms with van der Waals surface area (Å²) in [5.41, 5.74) is 1.09. The topological polar surface area (TPSA) is 76.1 Å². The first-order chi connectivity index (χ1) is 16.4. The van der Waals surface area contributed by atoms with E-state index in [4.69, 9.17) is 9.47 Å². The molecular formula is C26H34N2O5S. The van der Waals surface area contributed by atoms with E-state index in [2.05, 4.69) is 0 Å². The van der Waals surface area contributed by atoms with Crippen LogP contribution < -0.4 is 9.47 Å². The van der Waals surface area contributed by atoms with Crippen LogP contribution in [0.15, 0.2) is 47.4 Å². The van der Waals surface area contributed by atoms with Gasteiger partial charge in [-0.05, 0) is 56.5 Å². The molecule has 2 saturated heterocycles. The molecule has 184 valence electrons. The van der Waals surface area contributed by atoms with Gasteiger partial charge in [0.25, 0.3) is 5.91 Å². The lowest BCUT2D eigenvalue weighted by atomic mass is 10.1. The van der Waals surface area contributed by atoms with Gasteiger partial charge in [-0.2, -0.15) is 4.31 Å². The number of carbonyl (C=O) groups excluding carboxylic acids is 1. The number of carbonyl (C=O) groups is 1. The van der Waals surface area contributed by atoms with E-state index >= 15 is 0 Å². The van der Waals surface area contributed by atoms with Gasteiger partial charge in [-0.1, -0.05) is 24.6 Å². The van der Waals surface area contributed by atoms with Crippen LogP contribution in [0.2, 0.25) is 0 Å². The number of para-hydroxylation sites is 2. The lowest BCUT2D eigenvalue weighted by Gasteiger charge is -2.32. The van der Waals surface area contributed by atoms with Gasteiger partial charge in [0.2, 0.25) is 10.0 Å². The molecule has 0 aromatic heterocycles. The molecule has 2 aromatic carbocycles. The Hall–Kier alpha value is -2.58. The molecule has 2 fully saturated rings. The maximum atomic E-state index is 13.2. The molecule has 1 amide bonds. The van der Waals surface area contributed by atoms with Gasteiger partial charge in [-0.3, -0.25) is 4.79 Å². The Morgan fingerprint density at radius 2 is 1.65 bits per heavy atom. The molecule has 0 saturated carbocycles. The van der Waals surface area contributed by atoms with Crippen LogP contribution in [0.3, 0.4) is 0 Å². The first-order valence-electron chi connectivity index (χ1n) is 12.2. The summed E-state index contributed by atoms with van der Waals surface area (Å²) in [4.78, 5) is 15.3. The summed E-state index contributed by atoms with van der Waals surface area (Å²) >= 11 is 0. The van der Waals surface area contributed by atoms with Crippen molar-refractivity contribution in [2.24, 2.45) is 0 Å². The van der Waals surface area contributed by atoms with E-state index in [1.54, 1.807) is 34.3 Å². The van der Waals surface area contributed by atoms with Gasteiger partial charge in [-0.25, -0.2) is 8.42 Å². The number of benzene rings is 2. The maximum absolute atomic E-state index is 13.2. The Morgan fingerprint density at radius 3 is 2.32 bits per heavy atom. The van der Waals surface area contributed by atoms with E-state index < -0.39 is 10.0 Å². The van der Waals surface area contributed by atoms with Crippen molar-refractivity contribution in [2.45, 2.75) is 57.0 Å². The lowest BCUT2D eigenvalue weighted by Crippen LogP contribution is -2.42. The average molecular weight is 487 g/mol. The van der Waals surface area contributed by atoms with Crippen LogP contribution in [0, 0.1) is 6.92 Å². The number of likely N-dealkylation sites (tertiary alicyclic amines) is 1. The van der Waals surface area contributed by atoms with Crippen molar-refractivity contribution in [3.05, 3.63) is 53.6 Å². The standard InChI is InChI=1S/C26H34N2O5S/c1-3-32-23-9-5-6-10-24(23)33-22-13-17-27(18-14-22)26(29)21-12-11-20(2)25(19-21)34(30,31)28-15-7-4-8-16-28/h5-6,9-12,19,22H,3-4,7-8,13-18H2,1-2H3. The average Bonchev–Trinajstić information content (AvgIpc) is 2.86. The van der Waals surface area contributed by atoms with Crippen LogP contribution in [0.25, 0.3) is 0 Å². The van der Waals surface area contributed by atoms with Crippen LogP contribution >= 0.6 is 0 Å². The molecule has 2 heterocycles. The molecule has 4 rings (SSSR count). The van der Waals surface area contributed by atoms with E-state index in [9.17, 15) is 13.2 Å². The van der Waals surface area contributed by atoms with Crippen LogP contribution in [0.5, 0.6) is 11.5 Å². The van der Waals surface area contributed by atoms with E-state index in [-0.39, 0.29) is 16.9 Å². The fourth-order valence-electron chi connectivity index (χ4n) is 4.62. The van der Waals surface area contributed by atoms with Gasteiger partial charge in [-0.15, -0.1) is 0 Å². The van der Waals surface area contributed by atoms with Gasteiger partial charge < -0.3 is 14.4 Å². The lowest BCUT2D eigenvalue weighted by molar-refractivity contribution is 0.0589. The highest BCUT2D eigenvalue weighted by Gasteiger charge is 2.30. The Morgan fingerprint density at radius 1 is 0.971 bits per heavy atom. The van der Waals surface area contributed by atoms with Crippen molar-refractivity contribution in [2.75, 3.05) is 32.8 Å². The number of ether oxygens (including phenoxy) is 2. The first-order valence-corrected chi connectivity index (χ1v) is 13.6. The summed E-state index contributed by atoms with van der Waals surface area (Å²) < 4.78 is 39.8. The Kier molecular flexibility index (Phi) is 7.78. The minimum absolute atomic E-state index is 0.00119. The third kappa shape index (κ3) is 5.39. The molecule has 2 aliphatic heterocycles. The van der Waals surface area contributed by atoms with Crippen molar-refractivity contribution in [3.63, 3.8) is 0 Å². The summed E-state index contributed by atoms with van der Waals surface area (Å²) in [6, 6.07) is 12.7. The number of amides is 1. The fourth-order valence-corrected chi connectivity index (χ4v) is 6.38. The molecule has 0 spiro atoms. The number of rotatable bonds is 7. The molecule has 0 aliphatic carbocycles. The third-order valence-corrected chi connectivity index (χ3v) is 8.58. The van der Waals surface area contributed by atoms with Gasteiger partial charge in [0, 0.05) is 44.6 Å². The van der Waals surface area contributed by atoms with Gasteiger partial charge >= 0.3 is 0 Å². The van der Waals surface area contributed by atoms with Crippen molar-refractivity contribution >= 4 is 15.9 Å². The second kappa shape index (κ2) is 10.8. The fraction of sp³-hybridized carbons (Fsp3) is 0.500. The molecule has 0 bridgehead atoms. The molecule has 0 radical (unpaired) electrons. The number of aryl methyl sites for hydroxylation is 1. The predicted molar refractivity (Wildman–Crippen MR) is 131 cm³/mol. The molecule has 34 heavy (non-hydrogen) atoms. The zero-order chi connectivity index (χ0) is 24.1. The van der Waals surface area contributed by atoms with Crippen molar-refractivity contribution in [1.82, 2.24) is 9.21 Å². The van der Waals surface area contributed by atoms with Crippen molar-refractivity contribution in [3.8, 4) is 11.5 Å².